The summed E-state index contributed by atoms with van der Waals surface area (Å²) in [4.78, 5) is 0. The number of ether oxygens (including phenoxy) is 2. The van der Waals surface area contributed by atoms with Gasteiger partial charge in [-0.25, -0.2) is 0 Å². The Morgan fingerprint density at radius 1 is 1.14 bits per heavy atom. The summed E-state index contributed by atoms with van der Waals surface area (Å²) in [6.45, 7) is 0. The first-order valence-electron chi connectivity index (χ1n) is 6.79. The van der Waals surface area contributed by atoms with E-state index in [0.717, 1.165) is 28.0 Å². The van der Waals surface area contributed by atoms with E-state index < -0.39 is 0 Å². The Kier molecular flexibility index (Phi) is 4.14. The molecule has 0 saturated heterocycles. The van der Waals surface area contributed by atoms with E-state index in [1.165, 1.54) is 11.1 Å². The number of halogens is 2. The molecule has 2 nitrogen and oxygen atoms in total. The first kappa shape index (κ1) is 14.7. The zero-order valence-corrected chi connectivity index (χ0v) is 14.2. The molecule has 3 rings (SSSR count). The van der Waals surface area contributed by atoms with Crippen molar-refractivity contribution < 1.29 is 9.47 Å². The van der Waals surface area contributed by atoms with Gasteiger partial charge in [0.15, 0.2) is 0 Å². The zero-order valence-electron chi connectivity index (χ0n) is 11.9. The molecule has 21 heavy (non-hydrogen) atoms. The highest BCUT2D eigenvalue weighted by Gasteiger charge is 2.34. The molecule has 0 aliphatic heterocycles. The van der Waals surface area contributed by atoms with E-state index in [4.69, 9.17) is 21.1 Å². The molecule has 1 aliphatic rings. The Labute approximate surface area is 138 Å². The van der Waals surface area contributed by atoms with Gasteiger partial charge in [0.1, 0.15) is 16.0 Å². The molecule has 0 saturated carbocycles. The normalized spacial score (nSPS) is 17.6. The molecule has 0 fully saturated rings. The van der Waals surface area contributed by atoms with Crippen molar-refractivity contribution in [3.8, 4) is 11.5 Å². The van der Waals surface area contributed by atoms with Crippen molar-refractivity contribution >= 4 is 27.5 Å². The molecule has 0 N–H and O–H groups in total. The van der Waals surface area contributed by atoms with Gasteiger partial charge < -0.3 is 9.47 Å². The second-order valence-corrected chi connectivity index (χ2v) is 6.38. The molecule has 0 amide bonds. The van der Waals surface area contributed by atoms with Crippen molar-refractivity contribution in [1.82, 2.24) is 0 Å². The van der Waals surface area contributed by atoms with Gasteiger partial charge in [-0.3, -0.25) is 0 Å². The molecule has 2 atom stereocenters. The Morgan fingerprint density at radius 3 is 2.57 bits per heavy atom. The number of rotatable bonds is 4. The van der Waals surface area contributed by atoms with Crippen molar-refractivity contribution in [2.45, 2.75) is 17.7 Å². The summed E-state index contributed by atoms with van der Waals surface area (Å²) in [6.07, 6.45) is 1.01. The summed E-state index contributed by atoms with van der Waals surface area (Å²) in [5.41, 5.74) is 3.72. The fourth-order valence-electron chi connectivity index (χ4n) is 2.91. The maximum atomic E-state index is 6.75. The van der Waals surface area contributed by atoms with E-state index >= 15 is 0 Å². The number of hydrogen-bond donors (Lipinski definition) is 0. The Hall–Kier alpha value is -1.19. The number of fused-ring (bicyclic) bond motifs is 1. The highest BCUT2D eigenvalue weighted by Crippen LogP contribution is 2.51. The second-order valence-electron chi connectivity index (χ2n) is 5.12. The molecule has 1 aliphatic carbocycles. The van der Waals surface area contributed by atoms with Crippen LogP contribution in [0, 0.1) is 0 Å². The van der Waals surface area contributed by atoms with Crippen LogP contribution in [0.1, 0.15) is 28.0 Å². The van der Waals surface area contributed by atoms with E-state index in [9.17, 15) is 0 Å². The molecule has 0 aromatic heterocycles. The maximum Gasteiger partial charge on any atom is 0.141 e. The van der Waals surface area contributed by atoms with Gasteiger partial charge in [-0.05, 0) is 39.5 Å². The maximum absolute atomic E-state index is 6.75. The lowest BCUT2D eigenvalue weighted by Crippen LogP contribution is -2.21. The van der Waals surface area contributed by atoms with Gasteiger partial charge in [0.25, 0.3) is 0 Å². The summed E-state index contributed by atoms with van der Waals surface area (Å²) in [5.74, 6) is 1.82. The SMILES string of the molecule is COc1ccc(C(Cl)C2Cc3ccccc32)c(OC)c1Br. The fraction of sp³-hybridized carbons (Fsp3) is 0.294. The molecule has 0 heterocycles. The van der Waals surface area contributed by atoms with Gasteiger partial charge in [-0.2, -0.15) is 0 Å². The lowest BCUT2D eigenvalue weighted by atomic mass is 9.74. The topological polar surface area (TPSA) is 18.5 Å². The largest absolute Gasteiger partial charge is 0.495 e. The first-order valence-corrected chi connectivity index (χ1v) is 8.02. The zero-order chi connectivity index (χ0) is 15.0. The lowest BCUT2D eigenvalue weighted by Gasteiger charge is -2.34. The summed E-state index contributed by atoms with van der Waals surface area (Å²) in [6, 6.07) is 12.4. The standard InChI is InChI=1S/C17H16BrClO2/c1-20-14-8-7-12(17(21-2)15(14)18)16(19)13-9-10-5-3-4-6-11(10)13/h3-8,13,16H,9H2,1-2H3. The average molecular weight is 368 g/mol. The molecular formula is C17H16BrClO2. The third-order valence-corrected chi connectivity index (χ3v) is 5.35. The molecule has 0 radical (unpaired) electrons. The van der Waals surface area contributed by atoms with E-state index in [2.05, 4.69) is 40.2 Å². The molecule has 110 valence electrons. The predicted octanol–water partition coefficient (Wildman–Crippen LogP) is 5.09. The van der Waals surface area contributed by atoms with Gasteiger partial charge in [-0.15, -0.1) is 11.6 Å². The van der Waals surface area contributed by atoms with Crippen LogP contribution in [0.15, 0.2) is 40.9 Å². The molecule has 0 spiro atoms. The molecule has 0 bridgehead atoms. The molecule has 4 heteroatoms. The van der Waals surface area contributed by atoms with E-state index in [-0.39, 0.29) is 5.38 Å². The van der Waals surface area contributed by atoms with Crippen molar-refractivity contribution in [3.05, 3.63) is 57.6 Å². The van der Waals surface area contributed by atoms with Crippen LogP contribution in [0.2, 0.25) is 0 Å². The predicted molar refractivity (Wildman–Crippen MR) is 88.7 cm³/mol. The van der Waals surface area contributed by atoms with Crippen LogP contribution in [0.4, 0.5) is 0 Å². The molecular weight excluding hydrogens is 352 g/mol. The van der Waals surface area contributed by atoms with Crippen LogP contribution in [0.5, 0.6) is 11.5 Å². The number of alkyl halides is 1. The third kappa shape index (κ3) is 2.43. The van der Waals surface area contributed by atoms with Crippen LogP contribution in [-0.2, 0) is 6.42 Å². The Bertz CT molecular complexity index is 672. The minimum Gasteiger partial charge on any atom is -0.495 e. The summed E-state index contributed by atoms with van der Waals surface area (Å²) < 4.78 is 11.7. The van der Waals surface area contributed by atoms with Crippen molar-refractivity contribution in [3.63, 3.8) is 0 Å². The number of hydrogen-bond acceptors (Lipinski definition) is 2. The van der Waals surface area contributed by atoms with Crippen LogP contribution in [-0.4, -0.2) is 14.2 Å². The number of benzene rings is 2. The second kappa shape index (κ2) is 5.90. The van der Waals surface area contributed by atoms with Gasteiger partial charge in [0, 0.05) is 11.5 Å². The van der Waals surface area contributed by atoms with E-state index in [1.807, 2.05) is 12.1 Å². The monoisotopic (exact) mass is 366 g/mol. The fourth-order valence-corrected chi connectivity index (χ4v) is 3.99. The van der Waals surface area contributed by atoms with Crippen LogP contribution >= 0.6 is 27.5 Å². The molecule has 2 aromatic rings. The third-order valence-electron chi connectivity index (χ3n) is 4.06. The first-order chi connectivity index (χ1) is 10.2. The highest BCUT2D eigenvalue weighted by molar-refractivity contribution is 9.10. The minimum atomic E-state index is -0.114. The van der Waals surface area contributed by atoms with Crippen LogP contribution in [0.25, 0.3) is 0 Å². The van der Waals surface area contributed by atoms with Crippen molar-refractivity contribution in [1.29, 1.82) is 0 Å². The van der Waals surface area contributed by atoms with Gasteiger partial charge in [-0.1, -0.05) is 30.3 Å². The van der Waals surface area contributed by atoms with Crippen molar-refractivity contribution in [2.24, 2.45) is 0 Å². The quantitative estimate of drug-likeness (QED) is 0.701. The summed E-state index contributed by atoms with van der Waals surface area (Å²) in [5, 5.41) is -0.114. The minimum absolute atomic E-state index is 0.114. The highest BCUT2D eigenvalue weighted by atomic mass is 79.9. The summed E-state index contributed by atoms with van der Waals surface area (Å²) in [7, 11) is 3.29. The Balaban J connectivity index is 1.96. The lowest BCUT2D eigenvalue weighted by molar-refractivity contribution is 0.383. The molecule has 2 unspecified atom stereocenters. The molecule has 2 aromatic carbocycles. The van der Waals surface area contributed by atoms with Gasteiger partial charge in [0.05, 0.1) is 19.6 Å². The number of methoxy groups -OCH3 is 2. The van der Waals surface area contributed by atoms with Gasteiger partial charge >= 0.3 is 0 Å². The van der Waals surface area contributed by atoms with Crippen molar-refractivity contribution in [2.75, 3.05) is 14.2 Å². The van der Waals surface area contributed by atoms with Crippen LogP contribution < -0.4 is 9.47 Å². The van der Waals surface area contributed by atoms with Gasteiger partial charge in [0.2, 0.25) is 0 Å². The van der Waals surface area contributed by atoms with Crippen LogP contribution in [0.3, 0.4) is 0 Å². The smallest absolute Gasteiger partial charge is 0.141 e. The Morgan fingerprint density at radius 2 is 1.90 bits per heavy atom. The summed E-state index contributed by atoms with van der Waals surface area (Å²) >= 11 is 10.3. The van der Waals surface area contributed by atoms with E-state index in [0.29, 0.717) is 5.92 Å². The average Bonchev–Trinajstić information content (AvgIpc) is 2.48. The van der Waals surface area contributed by atoms with E-state index in [1.54, 1.807) is 14.2 Å².